The Morgan fingerprint density at radius 2 is 2.17 bits per heavy atom. The molecular formula is C12H18ClNO3S. The van der Waals surface area contributed by atoms with Crippen molar-refractivity contribution in [2.45, 2.75) is 37.0 Å². The fourth-order valence-corrected chi connectivity index (χ4v) is 3.98. The molecule has 3 atom stereocenters. The monoisotopic (exact) mass is 291 g/mol. The minimum absolute atomic E-state index is 0.140. The highest BCUT2D eigenvalue weighted by molar-refractivity contribution is 7.91. The number of rotatable bonds is 3. The van der Waals surface area contributed by atoms with Gasteiger partial charge in [0, 0.05) is 6.26 Å². The third kappa shape index (κ3) is 3.08. The topological polar surface area (TPSA) is 73.3 Å². The van der Waals surface area contributed by atoms with E-state index in [4.69, 9.17) is 21.8 Å². The Morgan fingerprint density at radius 1 is 1.44 bits per heavy atom. The maximum absolute atomic E-state index is 11.6. The first-order valence-electron chi connectivity index (χ1n) is 6.07. The van der Waals surface area contributed by atoms with Crippen LogP contribution >= 0.6 is 11.6 Å². The van der Waals surface area contributed by atoms with Crippen molar-refractivity contribution >= 4 is 21.4 Å². The van der Waals surface area contributed by atoms with Gasteiger partial charge in [-0.3, -0.25) is 0 Å². The first-order chi connectivity index (χ1) is 8.38. The van der Waals surface area contributed by atoms with Gasteiger partial charge in [0.2, 0.25) is 0 Å². The van der Waals surface area contributed by atoms with Gasteiger partial charge in [0.25, 0.3) is 0 Å². The molecule has 1 aromatic heterocycles. The predicted octanol–water partition coefficient (Wildman–Crippen LogP) is 2.54. The summed E-state index contributed by atoms with van der Waals surface area (Å²) in [6.45, 7) is 0. The van der Waals surface area contributed by atoms with Crippen LogP contribution in [-0.2, 0) is 9.84 Å². The van der Waals surface area contributed by atoms with Crippen LogP contribution in [-0.4, -0.2) is 19.9 Å². The van der Waals surface area contributed by atoms with Gasteiger partial charge in [0.1, 0.15) is 15.6 Å². The van der Waals surface area contributed by atoms with E-state index in [2.05, 4.69) is 0 Å². The van der Waals surface area contributed by atoms with Gasteiger partial charge in [0.05, 0.1) is 11.3 Å². The quantitative estimate of drug-likeness (QED) is 0.929. The zero-order valence-electron chi connectivity index (χ0n) is 10.3. The highest BCUT2D eigenvalue weighted by atomic mass is 35.5. The van der Waals surface area contributed by atoms with Gasteiger partial charge in [-0.25, -0.2) is 8.42 Å². The molecule has 18 heavy (non-hydrogen) atoms. The molecule has 1 heterocycles. The highest BCUT2D eigenvalue weighted by Gasteiger charge is 2.33. The first-order valence-corrected chi connectivity index (χ1v) is 8.41. The van der Waals surface area contributed by atoms with Gasteiger partial charge in [-0.1, -0.05) is 6.42 Å². The predicted molar refractivity (Wildman–Crippen MR) is 71.2 cm³/mol. The lowest BCUT2D eigenvalue weighted by atomic mass is 9.83. The molecule has 1 saturated carbocycles. The van der Waals surface area contributed by atoms with E-state index in [1.807, 2.05) is 0 Å². The summed E-state index contributed by atoms with van der Waals surface area (Å²) in [6, 6.07) is 3.15. The van der Waals surface area contributed by atoms with Gasteiger partial charge in [-0.15, -0.1) is 0 Å². The molecule has 0 radical (unpaired) electrons. The molecule has 1 aromatic rings. The summed E-state index contributed by atoms with van der Waals surface area (Å²) in [6.07, 6.45) is 4.48. The number of sulfone groups is 1. The maximum atomic E-state index is 11.6. The molecule has 0 aromatic carbocycles. The molecule has 0 saturated heterocycles. The van der Waals surface area contributed by atoms with Crippen LogP contribution in [0.2, 0.25) is 5.22 Å². The zero-order valence-corrected chi connectivity index (χ0v) is 11.9. The van der Waals surface area contributed by atoms with Crippen molar-refractivity contribution in [3.05, 3.63) is 23.1 Å². The van der Waals surface area contributed by atoms with E-state index in [9.17, 15) is 8.42 Å². The van der Waals surface area contributed by atoms with E-state index in [0.29, 0.717) is 17.4 Å². The van der Waals surface area contributed by atoms with Crippen LogP contribution in [0.1, 0.15) is 37.5 Å². The molecule has 0 spiro atoms. The van der Waals surface area contributed by atoms with Crippen molar-refractivity contribution in [2.75, 3.05) is 6.26 Å². The number of hydrogen-bond donors (Lipinski definition) is 1. The summed E-state index contributed by atoms with van der Waals surface area (Å²) in [5.74, 6) is 0.778. The van der Waals surface area contributed by atoms with Crippen LogP contribution in [0.3, 0.4) is 0 Å². The second-order valence-corrected chi connectivity index (χ2v) is 7.74. The lowest BCUT2D eigenvalue weighted by Gasteiger charge is -2.31. The van der Waals surface area contributed by atoms with Crippen molar-refractivity contribution in [1.82, 2.24) is 0 Å². The summed E-state index contributed by atoms with van der Waals surface area (Å²) in [7, 11) is -2.98. The minimum atomic E-state index is -2.98. The Labute approximate surface area is 112 Å². The molecule has 3 unspecified atom stereocenters. The van der Waals surface area contributed by atoms with E-state index in [0.717, 1.165) is 19.3 Å². The minimum Gasteiger partial charge on any atom is -0.448 e. The second-order valence-electron chi connectivity index (χ2n) is 5.05. The molecule has 4 nitrogen and oxygen atoms in total. The SMILES string of the molecule is CS(=O)(=O)C1CCCC(C(N)c2ccc(Cl)o2)C1. The van der Waals surface area contributed by atoms with Crippen LogP contribution in [0, 0.1) is 5.92 Å². The van der Waals surface area contributed by atoms with Crippen molar-refractivity contribution in [2.24, 2.45) is 11.7 Å². The normalized spacial score (nSPS) is 27.1. The third-order valence-electron chi connectivity index (χ3n) is 3.70. The van der Waals surface area contributed by atoms with E-state index in [-0.39, 0.29) is 17.2 Å². The third-order valence-corrected chi connectivity index (χ3v) is 5.54. The van der Waals surface area contributed by atoms with Crippen molar-refractivity contribution in [3.8, 4) is 0 Å². The Bertz CT molecular complexity index is 511. The molecule has 0 aliphatic heterocycles. The fraction of sp³-hybridized carbons (Fsp3) is 0.667. The summed E-state index contributed by atoms with van der Waals surface area (Å²) in [5.41, 5.74) is 6.14. The molecular weight excluding hydrogens is 274 g/mol. The Hall–Kier alpha value is -0.520. The average molecular weight is 292 g/mol. The number of halogens is 1. The summed E-state index contributed by atoms with van der Waals surface area (Å²) in [5, 5.41) is 0.0451. The molecule has 0 bridgehead atoms. The van der Waals surface area contributed by atoms with Crippen molar-refractivity contribution < 1.29 is 12.8 Å². The molecule has 2 rings (SSSR count). The van der Waals surface area contributed by atoms with Crippen LogP contribution in [0.5, 0.6) is 0 Å². The smallest absolute Gasteiger partial charge is 0.193 e. The van der Waals surface area contributed by atoms with Crippen LogP contribution < -0.4 is 5.73 Å². The lowest BCUT2D eigenvalue weighted by Crippen LogP contribution is -2.32. The van der Waals surface area contributed by atoms with Gasteiger partial charge in [-0.05, 0) is 48.9 Å². The van der Waals surface area contributed by atoms with Crippen LogP contribution in [0.25, 0.3) is 0 Å². The standard InChI is InChI=1S/C12H18ClNO3S/c1-18(15,16)9-4-2-3-8(7-9)12(14)10-5-6-11(13)17-10/h5-6,8-9,12H,2-4,7,14H2,1H3. The summed E-state index contributed by atoms with van der Waals surface area (Å²) in [4.78, 5) is 0. The molecule has 1 fully saturated rings. The van der Waals surface area contributed by atoms with Gasteiger partial charge in [0.15, 0.2) is 5.22 Å². The Kier molecular flexibility index (Phi) is 4.04. The molecule has 1 aliphatic carbocycles. The van der Waals surface area contributed by atoms with E-state index < -0.39 is 9.84 Å². The van der Waals surface area contributed by atoms with Crippen LogP contribution in [0.4, 0.5) is 0 Å². The molecule has 2 N–H and O–H groups in total. The van der Waals surface area contributed by atoms with Crippen molar-refractivity contribution in [1.29, 1.82) is 0 Å². The molecule has 6 heteroatoms. The van der Waals surface area contributed by atoms with Gasteiger partial charge in [-0.2, -0.15) is 0 Å². The maximum Gasteiger partial charge on any atom is 0.193 e. The Balaban J connectivity index is 2.09. The fourth-order valence-electron chi connectivity index (χ4n) is 2.64. The lowest BCUT2D eigenvalue weighted by molar-refractivity contribution is 0.282. The summed E-state index contributed by atoms with van der Waals surface area (Å²) >= 11 is 5.73. The van der Waals surface area contributed by atoms with Crippen molar-refractivity contribution in [3.63, 3.8) is 0 Å². The van der Waals surface area contributed by atoms with E-state index in [1.54, 1.807) is 12.1 Å². The Morgan fingerprint density at radius 3 is 2.72 bits per heavy atom. The average Bonchev–Trinajstić information content (AvgIpc) is 2.74. The first kappa shape index (κ1) is 13.9. The van der Waals surface area contributed by atoms with E-state index in [1.165, 1.54) is 6.26 Å². The van der Waals surface area contributed by atoms with Gasteiger partial charge < -0.3 is 10.2 Å². The summed E-state index contributed by atoms with van der Waals surface area (Å²) < 4.78 is 28.5. The zero-order chi connectivity index (χ0) is 13.3. The molecule has 0 amide bonds. The molecule has 1 aliphatic rings. The molecule has 102 valence electrons. The second kappa shape index (κ2) is 5.23. The highest BCUT2D eigenvalue weighted by Crippen LogP contribution is 2.36. The van der Waals surface area contributed by atoms with E-state index >= 15 is 0 Å². The largest absolute Gasteiger partial charge is 0.448 e. The van der Waals surface area contributed by atoms with Crippen LogP contribution in [0.15, 0.2) is 16.5 Å². The number of furan rings is 1. The number of hydrogen-bond acceptors (Lipinski definition) is 4. The number of nitrogens with two attached hydrogens (primary N) is 1. The van der Waals surface area contributed by atoms with Gasteiger partial charge >= 0.3 is 0 Å².